The molecule has 0 saturated carbocycles. The van der Waals surface area contributed by atoms with Crippen LogP contribution >= 0.6 is 0 Å². The lowest BCUT2D eigenvalue weighted by Crippen LogP contribution is -2.31. The Hall–Kier alpha value is -1.31. The molecule has 0 spiro atoms. The van der Waals surface area contributed by atoms with Gasteiger partial charge in [0.1, 0.15) is 0 Å². The molecule has 0 heterocycles. The summed E-state index contributed by atoms with van der Waals surface area (Å²) in [5.74, 6) is 0.632. The van der Waals surface area contributed by atoms with Crippen molar-refractivity contribution in [2.75, 3.05) is 27.3 Å². The molecule has 1 aromatic rings. The highest BCUT2D eigenvalue weighted by Crippen LogP contribution is 2.35. The van der Waals surface area contributed by atoms with E-state index < -0.39 is 10.0 Å². The maximum atomic E-state index is 12.6. The summed E-state index contributed by atoms with van der Waals surface area (Å²) in [7, 11) is -0.742. The highest BCUT2D eigenvalue weighted by molar-refractivity contribution is 7.89. The van der Waals surface area contributed by atoms with E-state index in [-0.39, 0.29) is 17.3 Å². The van der Waals surface area contributed by atoms with E-state index in [2.05, 4.69) is 0 Å². The number of aliphatic hydroxyl groups is 1. The largest absolute Gasteiger partial charge is 0.493 e. The highest BCUT2D eigenvalue weighted by atomic mass is 32.2. The molecular weight excluding hydrogens is 294 g/mol. The second-order valence-corrected chi connectivity index (χ2v) is 6.41. The van der Waals surface area contributed by atoms with Crippen LogP contribution in [-0.2, 0) is 16.6 Å². The van der Waals surface area contributed by atoms with E-state index in [4.69, 9.17) is 9.47 Å². The van der Waals surface area contributed by atoms with Crippen LogP contribution in [-0.4, -0.2) is 45.1 Å². The Bertz CT molecular complexity index is 546. The Balaban J connectivity index is 3.42. The predicted octanol–water partition coefficient (Wildman–Crippen LogP) is 1.62. The zero-order valence-corrected chi connectivity index (χ0v) is 13.7. The van der Waals surface area contributed by atoms with Crippen molar-refractivity contribution in [2.24, 2.45) is 0 Å². The number of rotatable bonds is 8. The standard InChI is InChI=1S/C14H23NO5S/c1-5-7-15(6-2)21(17,18)12-8-11(10-16)14(20-4)13(9-12)19-3/h8-9,16H,5-7,10H2,1-4H3. The first-order valence-electron chi connectivity index (χ1n) is 6.82. The third-order valence-electron chi connectivity index (χ3n) is 3.16. The van der Waals surface area contributed by atoms with Gasteiger partial charge < -0.3 is 14.6 Å². The molecule has 0 atom stereocenters. The molecule has 120 valence electrons. The van der Waals surface area contributed by atoms with E-state index >= 15 is 0 Å². The fourth-order valence-corrected chi connectivity index (χ4v) is 3.74. The van der Waals surface area contributed by atoms with Crippen LogP contribution < -0.4 is 9.47 Å². The van der Waals surface area contributed by atoms with Gasteiger partial charge in [-0.05, 0) is 12.5 Å². The van der Waals surface area contributed by atoms with Gasteiger partial charge in [-0.2, -0.15) is 4.31 Å². The Morgan fingerprint density at radius 2 is 1.86 bits per heavy atom. The lowest BCUT2D eigenvalue weighted by molar-refractivity contribution is 0.269. The minimum Gasteiger partial charge on any atom is -0.493 e. The number of methoxy groups -OCH3 is 2. The molecule has 0 fully saturated rings. The third-order valence-corrected chi connectivity index (χ3v) is 5.12. The van der Waals surface area contributed by atoms with Gasteiger partial charge >= 0.3 is 0 Å². The lowest BCUT2D eigenvalue weighted by Gasteiger charge is -2.21. The van der Waals surface area contributed by atoms with Gasteiger partial charge in [0.15, 0.2) is 11.5 Å². The molecule has 0 bridgehead atoms. The monoisotopic (exact) mass is 317 g/mol. The fourth-order valence-electron chi connectivity index (χ4n) is 2.13. The summed E-state index contributed by atoms with van der Waals surface area (Å²) in [5.41, 5.74) is 0.378. The Labute approximate surface area is 126 Å². The molecule has 6 nitrogen and oxygen atoms in total. The van der Waals surface area contributed by atoms with E-state index in [9.17, 15) is 13.5 Å². The fraction of sp³-hybridized carbons (Fsp3) is 0.571. The van der Waals surface area contributed by atoms with Crippen LogP contribution in [0.15, 0.2) is 17.0 Å². The quantitative estimate of drug-likeness (QED) is 0.788. The second kappa shape index (κ2) is 7.63. The van der Waals surface area contributed by atoms with Crippen LogP contribution in [0.4, 0.5) is 0 Å². The molecule has 0 radical (unpaired) electrons. The first-order chi connectivity index (χ1) is 9.95. The molecule has 21 heavy (non-hydrogen) atoms. The van der Waals surface area contributed by atoms with Gasteiger partial charge in [-0.3, -0.25) is 0 Å². The van der Waals surface area contributed by atoms with Crippen molar-refractivity contribution in [3.8, 4) is 11.5 Å². The first-order valence-corrected chi connectivity index (χ1v) is 8.26. The third kappa shape index (κ3) is 3.66. The topological polar surface area (TPSA) is 76.1 Å². The molecule has 1 rings (SSSR count). The number of hydrogen-bond donors (Lipinski definition) is 1. The summed E-state index contributed by atoms with van der Waals surface area (Å²) in [6.07, 6.45) is 0.729. The average molecular weight is 317 g/mol. The summed E-state index contributed by atoms with van der Waals surface area (Å²) >= 11 is 0. The molecule has 7 heteroatoms. The molecule has 0 unspecified atom stereocenters. The van der Waals surface area contributed by atoms with E-state index in [1.54, 1.807) is 6.92 Å². The van der Waals surface area contributed by atoms with Crippen LogP contribution in [0.5, 0.6) is 11.5 Å². The van der Waals surface area contributed by atoms with Crippen LogP contribution in [0.25, 0.3) is 0 Å². The summed E-state index contributed by atoms with van der Waals surface area (Å²) < 4.78 is 37.0. The molecule has 0 aliphatic carbocycles. The molecule has 0 amide bonds. The van der Waals surface area contributed by atoms with Crippen molar-refractivity contribution in [2.45, 2.75) is 31.8 Å². The Morgan fingerprint density at radius 3 is 2.29 bits per heavy atom. The van der Waals surface area contributed by atoms with Crippen LogP contribution in [0.2, 0.25) is 0 Å². The zero-order chi connectivity index (χ0) is 16.0. The molecule has 0 aliphatic heterocycles. The van der Waals surface area contributed by atoms with Gasteiger partial charge in [0, 0.05) is 24.7 Å². The van der Waals surface area contributed by atoms with E-state index in [0.29, 0.717) is 24.4 Å². The van der Waals surface area contributed by atoms with E-state index in [1.165, 1.54) is 30.7 Å². The van der Waals surface area contributed by atoms with Gasteiger partial charge in [0.25, 0.3) is 0 Å². The highest BCUT2D eigenvalue weighted by Gasteiger charge is 2.25. The van der Waals surface area contributed by atoms with E-state index in [0.717, 1.165) is 6.42 Å². The number of sulfonamides is 1. The van der Waals surface area contributed by atoms with Crippen molar-refractivity contribution >= 4 is 10.0 Å². The number of nitrogens with zero attached hydrogens (tertiary/aromatic N) is 1. The minimum atomic E-state index is -3.62. The molecule has 0 saturated heterocycles. The molecule has 0 aromatic heterocycles. The SMILES string of the molecule is CCCN(CC)S(=O)(=O)c1cc(CO)c(OC)c(OC)c1. The number of benzene rings is 1. The van der Waals surface area contributed by atoms with Crippen molar-refractivity contribution in [1.29, 1.82) is 0 Å². The molecule has 0 aliphatic rings. The van der Waals surface area contributed by atoms with E-state index in [1.807, 2.05) is 6.92 Å². The number of aliphatic hydroxyl groups excluding tert-OH is 1. The summed E-state index contributed by atoms with van der Waals surface area (Å²) in [5, 5.41) is 9.41. The smallest absolute Gasteiger partial charge is 0.243 e. The second-order valence-electron chi connectivity index (χ2n) is 4.47. The number of hydrogen-bond acceptors (Lipinski definition) is 5. The lowest BCUT2D eigenvalue weighted by atomic mass is 10.2. The van der Waals surface area contributed by atoms with Gasteiger partial charge in [-0.1, -0.05) is 13.8 Å². The van der Waals surface area contributed by atoms with Crippen molar-refractivity contribution in [3.63, 3.8) is 0 Å². The molecular formula is C14H23NO5S. The Morgan fingerprint density at radius 1 is 1.19 bits per heavy atom. The first kappa shape index (κ1) is 17.7. The molecule has 1 N–H and O–H groups in total. The van der Waals surface area contributed by atoms with Crippen molar-refractivity contribution in [3.05, 3.63) is 17.7 Å². The summed E-state index contributed by atoms with van der Waals surface area (Å²) in [6, 6.07) is 2.85. The zero-order valence-electron chi connectivity index (χ0n) is 12.9. The van der Waals surface area contributed by atoms with Crippen LogP contribution in [0.3, 0.4) is 0 Å². The van der Waals surface area contributed by atoms with Gasteiger partial charge in [0.05, 0.1) is 25.7 Å². The minimum absolute atomic E-state index is 0.0968. The summed E-state index contributed by atoms with van der Waals surface area (Å²) in [4.78, 5) is 0.0968. The van der Waals surface area contributed by atoms with Crippen molar-refractivity contribution in [1.82, 2.24) is 4.31 Å². The Kier molecular flexibility index (Phi) is 6.44. The normalized spacial score (nSPS) is 11.7. The van der Waals surface area contributed by atoms with Crippen LogP contribution in [0, 0.1) is 0 Å². The van der Waals surface area contributed by atoms with Crippen LogP contribution in [0.1, 0.15) is 25.8 Å². The van der Waals surface area contributed by atoms with Gasteiger partial charge in [-0.25, -0.2) is 8.42 Å². The molecule has 1 aromatic carbocycles. The maximum Gasteiger partial charge on any atom is 0.243 e. The van der Waals surface area contributed by atoms with Gasteiger partial charge in [0.2, 0.25) is 10.0 Å². The summed E-state index contributed by atoms with van der Waals surface area (Å²) in [6.45, 7) is 4.22. The van der Waals surface area contributed by atoms with Gasteiger partial charge in [-0.15, -0.1) is 0 Å². The van der Waals surface area contributed by atoms with Crippen molar-refractivity contribution < 1.29 is 23.0 Å². The number of ether oxygens (including phenoxy) is 2. The average Bonchev–Trinajstić information content (AvgIpc) is 2.50. The predicted molar refractivity (Wildman–Crippen MR) is 80.2 cm³/mol. The maximum absolute atomic E-state index is 12.6.